The van der Waals surface area contributed by atoms with Crippen molar-refractivity contribution in [2.75, 3.05) is 4.90 Å². The Labute approximate surface area is 326 Å². The first-order valence-corrected chi connectivity index (χ1v) is 19.8. The first-order chi connectivity index (χ1) is 27.8. The van der Waals surface area contributed by atoms with Crippen molar-refractivity contribution in [3.8, 4) is 11.1 Å². The van der Waals surface area contributed by atoms with E-state index in [1.54, 1.807) is 0 Å². The molecular weight excluding hydrogens is 674 g/mol. The average molecular weight is 707 g/mol. The van der Waals surface area contributed by atoms with E-state index in [4.69, 9.17) is 0 Å². The van der Waals surface area contributed by atoms with Crippen molar-refractivity contribution in [1.29, 1.82) is 0 Å². The van der Waals surface area contributed by atoms with E-state index in [9.17, 15) is 0 Å². The number of hydrogen-bond acceptors (Lipinski definition) is 1. The Kier molecular flexibility index (Phi) is 6.15. The fourth-order valence-corrected chi connectivity index (χ4v) is 11.0. The Bertz CT molecular complexity index is 3140. The Hall–Kier alpha value is -6.90. The highest BCUT2D eigenvalue weighted by Crippen LogP contribution is 2.50. The summed E-state index contributed by atoms with van der Waals surface area (Å²) in [4.78, 5) is 2.47. The van der Waals surface area contributed by atoms with Crippen molar-refractivity contribution in [3.05, 3.63) is 226 Å². The molecular formula is C52H33B2N2+. The van der Waals surface area contributed by atoms with E-state index in [0.29, 0.717) is 0 Å². The molecule has 4 heteroatoms. The summed E-state index contributed by atoms with van der Waals surface area (Å²) in [6.07, 6.45) is 12.4. The summed E-state index contributed by atoms with van der Waals surface area (Å²) < 4.78 is 2.50. The van der Waals surface area contributed by atoms with Gasteiger partial charge in [-0.2, -0.15) is 0 Å². The number of allylic oxidation sites excluding steroid dienone is 7. The van der Waals surface area contributed by atoms with Crippen LogP contribution in [0.1, 0.15) is 17.0 Å². The van der Waals surface area contributed by atoms with Gasteiger partial charge in [0.05, 0.1) is 5.22 Å². The van der Waals surface area contributed by atoms with Gasteiger partial charge in [-0.25, -0.2) is 0 Å². The zero-order valence-electron chi connectivity index (χ0n) is 30.6. The van der Waals surface area contributed by atoms with Crippen molar-refractivity contribution in [2.45, 2.75) is 5.92 Å². The van der Waals surface area contributed by atoms with E-state index in [2.05, 4.69) is 204 Å². The normalized spacial score (nSPS) is 17.2. The lowest BCUT2D eigenvalue weighted by molar-refractivity contribution is 0.884. The van der Waals surface area contributed by atoms with Crippen molar-refractivity contribution in [1.82, 2.24) is 4.58 Å². The molecule has 2 nitrogen and oxygen atoms in total. The van der Waals surface area contributed by atoms with Crippen molar-refractivity contribution >= 4 is 75.9 Å². The van der Waals surface area contributed by atoms with Crippen LogP contribution in [-0.2, 0) is 0 Å². The maximum atomic E-state index is 2.59. The molecule has 0 radical (unpaired) electrons. The van der Waals surface area contributed by atoms with Gasteiger partial charge in [0.15, 0.2) is 0 Å². The summed E-state index contributed by atoms with van der Waals surface area (Å²) in [5, 5.41) is 2.52. The minimum absolute atomic E-state index is 0.131. The smallest absolute Gasteiger partial charge is 0.243 e. The van der Waals surface area contributed by atoms with Gasteiger partial charge in [0.25, 0.3) is 0 Å². The fourth-order valence-electron chi connectivity index (χ4n) is 11.0. The maximum absolute atomic E-state index is 2.59. The lowest BCUT2D eigenvalue weighted by Gasteiger charge is -2.41. The standard InChI is InChI=1S/C52H33B2N2/c1-4-15-35(16-5-1)53-43-24-14-22-39-38-21-10-11-23-42(38)54(50(39)43)44-31-33-28-30-41-49-34(27-29-40(48(33)49)51(44)53)32-47-52(41)56(37-19-8-3-9-20-37)46-26-13-12-25-45(46)55(47)36-17-6-2-7-18-36/h1-32,48H/q+1. The molecule has 0 bridgehead atoms. The van der Waals surface area contributed by atoms with E-state index >= 15 is 0 Å². The van der Waals surface area contributed by atoms with Crippen LogP contribution in [0.25, 0.3) is 23.3 Å². The van der Waals surface area contributed by atoms with E-state index in [1.165, 1.54) is 93.8 Å². The van der Waals surface area contributed by atoms with Crippen molar-refractivity contribution < 1.29 is 0 Å². The van der Waals surface area contributed by atoms with E-state index < -0.39 is 0 Å². The van der Waals surface area contributed by atoms with Gasteiger partial charge >= 0.3 is 0 Å². The number of nitrogens with zero attached hydrogens (tertiary/aromatic N) is 2. The summed E-state index contributed by atoms with van der Waals surface area (Å²) >= 11 is 0. The molecule has 0 aromatic heterocycles. The summed E-state index contributed by atoms with van der Waals surface area (Å²) in [5.41, 5.74) is 22.8. The lowest BCUT2D eigenvalue weighted by Crippen LogP contribution is -2.63. The van der Waals surface area contributed by atoms with Gasteiger partial charge in [-0.3, -0.25) is 4.90 Å². The average Bonchev–Trinajstić information content (AvgIpc) is 3.61. The molecule has 7 aromatic rings. The van der Waals surface area contributed by atoms with Gasteiger partial charge in [-0.1, -0.05) is 178 Å². The van der Waals surface area contributed by atoms with Gasteiger partial charge in [-0.05, 0) is 63.7 Å². The third kappa shape index (κ3) is 3.95. The van der Waals surface area contributed by atoms with Gasteiger partial charge in [0.2, 0.25) is 30.2 Å². The van der Waals surface area contributed by atoms with Gasteiger partial charge in [0.1, 0.15) is 11.4 Å². The van der Waals surface area contributed by atoms with Crippen molar-refractivity contribution in [3.63, 3.8) is 0 Å². The molecule has 3 aliphatic heterocycles. The van der Waals surface area contributed by atoms with Gasteiger partial charge in [-0.15, -0.1) is 4.58 Å². The second kappa shape index (κ2) is 11.3. The number of benzene rings is 7. The minimum atomic E-state index is 0.131. The largest absolute Gasteiger partial charge is 0.299 e. The van der Waals surface area contributed by atoms with Gasteiger partial charge < -0.3 is 0 Å². The first-order valence-electron chi connectivity index (χ1n) is 19.8. The predicted molar refractivity (Wildman–Crippen MR) is 235 cm³/mol. The third-order valence-corrected chi connectivity index (χ3v) is 13.0. The molecule has 3 heterocycles. The molecule has 13 rings (SSSR count). The van der Waals surface area contributed by atoms with Crippen LogP contribution >= 0.6 is 0 Å². The summed E-state index contributed by atoms with van der Waals surface area (Å²) in [6.45, 7) is 0.352. The SMILES string of the molecule is C1=Cc2cc3c(c4c2C2C(=CC=4)C=C4B5c6ccccc6-c6cccc(c65)B(c5ccccc5)C4=C12)=[N+](c1ccccc1)c1ccccc1N3c1ccccc1. The molecule has 56 heavy (non-hydrogen) atoms. The number of fused-ring (bicyclic) bond motifs is 8. The highest BCUT2D eigenvalue weighted by molar-refractivity contribution is 7.08. The molecule has 1 unspecified atom stereocenters. The maximum Gasteiger partial charge on any atom is 0.243 e. The quantitative estimate of drug-likeness (QED) is 0.135. The van der Waals surface area contributed by atoms with E-state index in [0.717, 1.165) is 11.4 Å². The summed E-state index contributed by atoms with van der Waals surface area (Å²) in [7, 11) is 0. The van der Waals surface area contributed by atoms with Crippen LogP contribution in [0.3, 0.4) is 0 Å². The number of para-hydroxylation sites is 4. The van der Waals surface area contributed by atoms with Crippen LogP contribution in [0.2, 0.25) is 0 Å². The lowest BCUT2D eigenvalue weighted by atomic mass is 9.19. The van der Waals surface area contributed by atoms with Crippen LogP contribution in [0.4, 0.5) is 28.4 Å². The zero-order chi connectivity index (χ0) is 36.5. The Morgan fingerprint density at radius 1 is 0.571 bits per heavy atom. The van der Waals surface area contributed by atoms with Crippen LogP contribution in [0.5, 0.6) is 0 Å². The third-order valence-electron chi connectivity index (χ3n) is 13.0. The molecule has 1 atom stereocenters. The second-order valence-corrected chi connectivity index (χ2v) is 15.7. The molecule has 256 valence electrons. The predicted octanol–water partition coefficient (Wildman–Crippen LogP) is 7.68. The van der Waals surface area contributed by atoms with E-state index in [1.807, 2.05) is 0 Å². The monoisotopic (exact) mass is 707 g/mol. The summed E-state index contributed by atoms with van der Waals surface area (Å²) in [5.74, 6) is 0.131. The molecule has 0 saturated carbocycles. The molecule has 7 aromatic carbocycles. The molecule has 0 fully saturated rings. The summed E-state index contributed by atoms with van der Waals surface area (Å²) in [6, 6.07) is 60.5. The molecule has 3 aliphatic carbocycles. The number of anilines is 3. The van der Waals surface area contributed by atoms with Gasteiger partial charge in [0, 0.05) is 29.8 Å². The van der Waals surface area contributed by atoms with Crippen LogP contribution in [0.15, 0.2) is 204 Å². The van der Waals surface area contributed by atoms with Crippen molar-refractivity contribution in [2.24, 2.45) is 0 Å². The Morgan fingerprint density at radius 3 is 2.14 bits per heavy atom. The Balaban J connectivity index is 1.15. The molecule has 0 spiro atoms. The highest BCUT2D eigenvalue weighted by Gasteiger charge is 2.50. The number of hydrogen-bond donors (Lipinski definition) is 0. The minimum Gasteiger partial charge on any atom is -0.299 e. The molecule has 0 amide bonds. The van der Waals surface area contributed by atoms with Crippen LogP contribution in [0, 0.1) is 0 Å². The Morgan fingerprint density at radius 2 is 1.29 bits per heavy atom. The fraction of sp³-hybridized carbons (Fsp3) is 0.0192. The van der Waals surface area contributed by atoms with Crippen LogP contribution < -0.4 is 41.9 Å². The molecule has 6 aliphatic rings. The topological polar surface area (TPSA) is 6.25 Å². The first kappa shape index (κ1) is 30.4. The molecule has 0 N–H and O–H groups in total. The van der Waals surface area contributed by atoms with E-state index in [-0.39, 0.29) is 19.3 Å². The second-order valence-electron chi connectivity index (χ2n) is 15.7. The van der Waals surface area contributed by atoms with Crippen LogP contribution in [-0.4, -0.2) is 13.4 Å². The zero-order valence-corrected chi connectivity index (χ0v) is 30.6. The molecule has 0 saturated heterocycles. The number of rotatable bonds is 3. The highest BCUT2D eigenvalue weighted by atomic mass is 15.2.